The normalized spacial score (nSPS) is 10.6. The average Bonchev–Trinajstić information content (AvgIpc) is 2.52. The molecule has 3 rings (SSSR count). The molecule has 0 atom stereocenters. The fourth-order valence-corrected chi connectivity index (χ4v) is 2.34. The number of aryl methyl sites for hydroxylation is 1. The summed E-state index contributed by atoms with van der Waals surface area (Å²) in [7, 11) is 0. The first-order valence-corrected chi connectivity index (χ1v) is 7.07. The Hall–Kier alpha value is -2.59. The van der Waals surface area contributed by atoms with Crippen LogP contribution in [0.2, 0.25) is 5.02 Å². The second-order valence-corrected chi connectivity index (χ2v) is 5.43. The minimum absolute atomic E-state index is 0.233. The van der Waals surface area contributed by atoms with Crippen molar-refractivity contribution in [2.75, 3.05) is 0 Å². The maximum atomic E-state index is 12.0. The second-order valence-electron chi connectivity index (χ2n) is 4.99. The predicted molar refractivity (Wildman–Crippen MR) is 85.5 cm³/mol. The van der Waals surface area contributed by atoms with Gasteiger partial charge in [-0.3, -0.25) is 0 Å². The van der Waals surface area contributed by atoms with Crippen molar-refractivity contribution in [3.05, 3.63) is 70.7 Å². The molecule has 5 heteroatoms. The highest BCUT2D eigenvalue weighted by atomic mass is 35.5. The van der Waals surface area contributed by atoms with Gasteiger partial charge >= 0.3 is 0 Å². The smallest absolute Gasteiger partial charge is 0.290 e. The molecule has 110 valence electrons. The SMILES string of the molecule is Cc1cc(-c2cc(-c3ccc(Cl)cc3)[n+]([O-])cn2)ccc1O. The minimum atomic E-state index is 0.233. The lowest BCUT2D eigenvalue weighted by Gasteiger charge is -2.09. The van der Waals surface area contributed by atoms with E-state index in [0.717, 1.165) is 21.4 Å². The molecule has 0 aliphatic carbocycles. The summed E-state index contributed by atoms with van der Waals surface area (Å²) in [6, 6.07) is 14.0. The predicted octanol–water partition coefficient (Wildman–Crippen LogP) is 3.72. The van der Waals surface area contributed by atoms with Crippen molar-refractivity contribution >= 4 is 11.6 Å². The van der Waals surface area contributed by atoms with Crippen molar-refractivity contribution < 1.29 is 9.84 Å². The fourth-order valence-electron chi connectivity index (χ4n) is 2.21. The Balaban J connectivity index is 2.09. The molecule has 0 spiro atoms. The van der Waals surface area contributed by atoms with Gasteiger partial charge in [0.2, 0.25) is 0 Å². The Kier molecular flexibility index (Phi) is 3.69. The highest BCUT2D eigenvalue weighted by Gasteiger charge is 2.12. The van der Waals surface area contributed by atoms with Gasteiger partial charge < -0.3 is 10.3 Å². The fraction of sp³-hybridized carbons (Fsp3) is 0.0588. The van der Waals surface area contributed by atoms with Crippen LogP contribution in [0.3, 0.4) is 0 Å². The molecular formula is C17H13ClN2O2. The zero-order valence-corrected chi connectivity index (χ0v) is 12.6. The van der Waals surface area contributed by atoms with E-state index in [9.17, 15) is 10.3 Å². The molecule has 0 radical (unpaired) electrons. The Morgan fingerprint density at radius 1 is 1.05 bits per heavy atom. The lowest BCUT2D eigenvalue weighted by atomic mass is 10.1. The van der Waals surface area contributed by atoms with Crippen LogP contribution in [0, 0.1) is 12.1 Å². The van der Waals surface area contributed by atoms with Crippen molar-refractivity contribution in [2.45, 2.75) is 6.92 Å². The summed E-state index contributed by atoms with van der Waals surface area (Å²) in [6.45, 7) is 1.82. The van der Waals surface area contributed by atoms with Crippen molar-refractivity contribution in [3.63, 3.8) is 0 Å². The molecule has 0 unspecified atom stereocenters. The number of phenolic OH excluding ortho intramolecular Hbond substituents is 1. The van der Waals surface area contributed by atoms with Gasteiger partial charge in [-0.2, -0.15) is 0 Å². The number of aromatic nitrogens is 2. The molecular weight excluding hydrogens is 300 g/mol. The molecule has 0 amide bonds. The molecule has 3 aromatic rings. The molecule has 2 aromatic carbocycles. The minimum Gasteiger partial charge on any atom is -0.710 e. The second kappa shape index (κ2) is 5.66. The molecule has 0 aliphatic heterocycles. The molecule has 0 saturated carbocycles. The summed E-state index contributed by atoms with van der Waals surface area (Å²) in [6.07, 6.45) is 1.24. The van der Waals surface area contributed by atoms with E-state index in [2.05, 4.69) is 4.98 Å². The van der Waals surface area contributed by atoms with E-state index in [-0.39, 0.29) is 5.75 Å². The summed E-state index contributed by atoms with van der Waals surface area (Å²) >= 11 is 5.88. The lowest BCUT2D eigenvalue weighted by Crippen LogP contribution is -2.29. The van der Waals surface area contributed by atoms with Crippen LogP contribution in [0.1, 0.15) is 5.56 Å². The van der Waals surface area contributed by atoms with Gasteiger partial charge in [-0.05, 0) is 59.9 Å². The number of hydrogen-bond donors (Lipinski definition) is 1. The highest BCUT2D eigenvalue weighted by Crippen LogP contribution is 2.26. The largest absolute Gasteiger partial charge is 0.710 e. The Labute approximate surface area is 132 Å². The quantitative estimate of drug-likeness (QED) is 0.579. The first-order chi connectivity index (χ1) is 10.5. The first-order valence-electron chi connectivity index (χ1n) is 6.70. The number of benzene rings is 2. The summed E-state index contributed by atoms with van der Waals surface area (Å²) in [5.41, 5.74) is 3.52. The maximum Gasteiger partial charge on any atom is 0.290 e. The maximum absolute atomic E-state index is 12.0. The number of rotatable bonds is 2. The monoisotopic (exact) mass is 312 g/mol. The molecule has 0 bridgehead atoms. The molecule has 0 fully saturated rings. The molecule has 1 N–H and O–H groups in total. The van der Waals surface area contributed by atoms with Gasteiger partial charge in [0.25, 0.3) is 6.33 Å². The highest BCUT2D eigenvalue weighted by molar-refractivity contribution is 6.30. The Morgan fingerprint density at radius 2 is 1.73 bits per heavy atom. The van der Waals surface area contributed by atoms with Crippen molar-refractivity contribution in [3.8, 4) is 28.3 Å². The van der Waals surface area contributed by atoms with Crippen LogP contribution >= 0.6 is 11.6 Å². The summed E-state index contributed by atoms with van der Waals surface area (Å²) in [5.74, 6) is 0.233. The van der Waals surface area contributed by atoms with Gasteiger partial charge in [-0.1, -0.05) is 11.6 Å². The molecule has 22 heavy (non-hydrogen) atoms. The van der Waals surface area contributed by atoms with Crippen molar-refractivity contribution in [2.24, 2.45) is 0 Å². The molecule has 0 aliphatic rings. The molecule has 1 aromatic heterocycles. The summed E-state index contributed by atoms with van der Waals surface area (Å²) < 4.78 is 0.722. The zero-order valence-electron chi connectivity index (χ0n) is 11.8. The van der Waals surface area contributed by atoms with Gasteiger partial charge in [0, 0.05) is 22.2 Å². The summed E-state index contributed by atoms with van der Waals surface area (Å²) in [5, 5.41) is 22.2. The van der Waals surface area contributed by atoms with Crippen LogP contribution in [0.4, 0.5) is 0 Å². The van der Waals surface area contributed by atoms with E-state index >= 15 is 0 Å². The number of hydrogen-bond acceptors (Lipinski definition) is 3. The van der Waals surface area contributed by atoms with E-state index in [1.807, 2.05) is 13.0 Å². The van der Waals surface area contributed by atoms with Gasteiger partial charge in [0.1, 0.15) is 11.4 Å². The molecule has 4 nitrogen and oxygen atoms in total. The van der Waals surface area contributed by atoms with Crippen LogP contribution in [-0.4, -0.2) is 10.1 Å². The summed E-state index contributed by atoms with van der Waals surface area (Å²) in [4.78, 5) is 4.17. The van der Waals surface area contributed by atoms with Crippen LogP contribution in [-0.2, 0) is 0 Å². The van der Waals surface area contributed by atoms with Crippen LogP contribution in [0.25, 0.3) is 22.5 Å². The van der Waals surface area contributed by atoms with Crippen molar-refractivity contribution in [1.29, 1.82) is 0 Å². The van der Waals surface area contributed by atoms with E-state index in [1.54, 1.807) is 42.5 Å². The van der Waals surface area contributed by atoms with E-state index in [0.29, 0.717) is 16.4 Å². The third-order valence-electron chi connectivity index (χ3n) is 3.45. The number of aromatic hydroxyl groups is 1. The third-order valence-corrected chi connectivity index (χ3v) is 3.70. The number of phenols is 1. The van der Waals surface area contributed by atoms with E-state index in [1.165, 1.54) is 6.33 Å². The standard InChI is InChI=1S/C17H13ClN2O2/c1-11-8-13(4-7-17(11)21)15-9-16(20(22)10-19-15)12-2-5-14(18)6-3-12/h2-10,21H,1H3. The Bertz CT molecular complexity index is 833. The lowest BCUT2D eigenvalue weighted by molar-refractivity contribution is -0.597. The van der Waals surface area contributed by atoms with E-state index in [4.69, 9.17) is 11.6 Å². The third kappa shape index (κ3) is 2.73. The van der Waals surface area contributed by atoms with Gasteiger partial charge in [-0.15, -0.1) is 0 Å². The first kappa shape index (κ1) is 14.4. The molecule has 1 heterocycles. The van der Waals surface area contributed by atoms with E-state index < -0.39 is 0 Å². The average molecular weight is 313 g/mol. The zero-order chi connectivity index (χ0) is 15.7. The van der Waals surface area contributed by atoms with Crippen LogP contribution < -0.4 is 4.73 Å². The Morgan fingerprint density at radius 3 is 2.41 bits per heavy atom. The number of halogens is 1. The van der Waals surface area contributed by atoms with Gasteiger partial charge in [0.05, 0.1) is 0 Å². The van der Waals surface area contributed by atoms with Crippen molar-refractivity contribution in [1.82, 2.24) is 4.98 Å². The topological polar surface area (TPSA) is 60.1 Å². The number of nitrogens with zero attached hydrogens (tertiary/aromatic N) is 2. The van der Waals surface area contributed by atoms with Crippen LogP contribution in [0.5, 0.6) is 5.75 Å². The van der Waals surface area contributed by atoms with Gasteiger partial charge in [-0.25, -0.2) is 4.73 Å². The molecule has 0 saturated heterocycles. The van der Waals surface area contributed by atoms with Crippen LogP contribution in [0.15, 0.2) is 54.9 Å². The van der Waals surface area contributed by atoms with Gasteiger partial charge in [0.15, 0.2) is 5.69 Å².